The van der Waals surface area contributed by atoms with E-state index in [1.54, 1.807) is 5.19 Å². The number of nitrogens with zero attached hydrogens (tertiary/aromatic N) is 3. The molecule has 8 rings (SSSR count). The molecule has 2 aliphatic rings. The SMILES string of the molecule is C=C1CC2C(CCc3cc4oc5nc(C)ccc5c4cc3-c3cc(C)cc[n+]31)c1ccccc1-c1cc(CC(C)C)c([Si](C)(C)C)c[n+]12. The molecule has 0 fully saturated rings. The van der Waals surface area contributed by atoms with Gasteiger partial charge in [-0.25, -0.2) is 4.98 Å². The number of rotatable bonds is 3. The molecule has 0 amide bonds. The lowest BCUT2D eigenvalue weighted by Crippen LogP contribution is -2.54. The van der Waals surface area contributed by atoms with Gasteiger partial charge < -0.3 is 4.42 Å². The molecule has 0 saturated carbocycles. The summed E-state index contributed by atoms with van der Waals surface area (Å²) in [6.45, 7) is 21.2. The summed E-state index contributed by atoms with van der Waals surface area (Å²) < 4.78 is 11.4. The van der Waals surface area contributed by atoms with E-state index in [-0.39, 0.29) is 6.04 Å². The van der Waals surface area contributed by atoms with Gasteiger partial charge >= 0.3 is 0 Å². The van der Waals surface area contributed by atoms with E-state index < -0.39 is 8.07 Å². The third-order valence-corrected chi connectivity index (χ3v) is 12.8. The monoisotopic (exact) mass is 649 g/mol. The first-order valence-corrected chi connectivity index (χ1v) is 21.2. The Bertz CT molecular complexity index is 2270. The van der Waals surface area contributed by atoms with Crippen molar-refractivity contribution in [2.24, 2.45) is 5.92 Å². The lowest BCUT2D eigenvalue weighted by molar-refractivity contribution is -0.719. The van der Waals surface area contributed by atoms with Gasteiger partial charge in [-0.1, -0.05) is 51.7 Å². The van der Waals surface area contributed by atoms with E-state index in [0.29, 0.717) is 17.5 Å². The van der Waals surface area contributed by atoms with Crippen molar-refractivity contribution in [2.75, 3.05) is 0 Å². The fraction of sp³-hybridized carbons (Fsp3) is 0.326. The fourth-order valence-electron chi connectivity index (χ4n) is 8.45. The lowest BCUT2D eigenvalue weighted by Gasteiger charge is -2.33. The van der Waals surface area contributed by atoms with Crippen LogP contribution in [0.1, 0.15) is 66.6 Å². The van der Waals surface area contributed by atoms with Crippen LogP contribution in [0.15, 0.2) is 90.1 Å². The van der Waals surface area contributed by atoms with Gasteiger partial charge in [0.2, 0.25) is 17.1 Å². The van der Waals surface area contributed by atoms with Crippen LogP contribution in [0.5, 0.6) is 0 Å². The minimum atomic E-state index is -1.63. The van der Waals surface area contributed by atoms with Crippen molar-refractivity contribution in [1.82, 2.24) is 4.98 Å². The molecule has 2 atom stereocenters. The van der Waals surface area contributed by atoms with Crippen molar-refractivity contribution in [3.63, 3.8) is 0 Å². The number of aromatic nitrogens is 3. The summed E-state index contributed by atoms with van der Waals surface area (Å²) in [5, 5.41) is 3.78. The molecule has 0 aliphatic carbocycles. The molecule has 48 heavy (non-hydrogen) atoms. The van der Waals surface area contributed by atoms with E-state index in [1.807, 2.05) is 6.92 Å². The summed E-state index contributed by atoms with van der Waals surface area (Å²) in [6, 6.07) is 25.4. The third kappa shape index (κ3) is 5.14. The molecule has 0 spiro atoms. The number of pyridine rings is 3. The van der Waals surface area contributed by atoms with Crippen LogP contribution in [0.3, 0.4) is 0 Å². The van der Waals surface area contributed by atoms with Crippen molar-refractivity contribution in [3.05, 3.63) is 114 Å². The number of hydrogen-bond acceptors (Lipinski definition) is 2. The highest BCUT2D eigenvalue weighted by molar-refractivity contribution is 6.89. The van der Waals surface area contributed by atoms with Gasteiger partial charge in [0.05, 0.1) is 20.1 Å². The van der Waals surface area contributed by atoms with E-state index in [0.717, 1.165) is 53.4 Å². The van der Waals surface area contributed by atoms with Crippen molar-refractivity contribution in [2.45, 2.75) is 85.0 Å². The lowest BCUT2D eigenvalue weighted by atomic mass is 9.77. The Hall–Kier alpha value is -4.35. The van der Waals surface area contributed by atoms with Crippen molar-refractivity contribution in [3.8, 4) is 22.5 Å². The summed E-state index contributed by atoms with van der Waals surface area (Å²) in [6.07, 6.45) is 8.79. The molecular formula is C43H47N3OSi+2. The van der Waals surface area contributed by atoms with Crippen molar-refractivity contribution >= 4 is 41.0 Å². The first kappa shape index (κ1) is 30.9. The predicted octanol–water partition coefficient (Wildman–Crippen LogP) is 9.40. The maximum Gasteiger partial charge on any atom is 0.227 e. The standard InChI is InChI=1S/C43H47N3OSi/c1-26(2)19-31-22-40-33-12-10-9-11-32(33)34-16-14-30-23-41-37(35-15-13-28(4)44-43(35)47-41)24-36(30)38-20-27(3)17-18-45(38)29(5)21-39(34)46(40)25-42(31)48(6,7)8/h9-13,15,17-18,20,22-26,34,39H,5,14,16,19,21H2,1-4,6-8H3/q+2. The number of aryl methyl sites for hydroxylation is 3. The van der Waals surface area contributed by atoms with E-state index >= 15 is 0 Å². The molecule has 0 saturated heterocycles. The highest BCUT2D eigenvalue weighted by Crippen LogP contribution is 2.45. The molecule has 6 aromatic rings. The predicted molar refractivity (Wildman–Crippen MR) is 200 cm³/mol. The Balaban J connectivity index is 1.36. The molecule has 6 heterocycles. The summed E-state index contributed by atoms with van der Waals surface area (Å²) in [5.74, 6) is 0.953. The number of furan rings is 1. The van der Waals surface area contributed by atoms with Crippen LogP contribution in [0.25, 0.3) is 50.3 Å². The molecule has 0 bridgehead atoms. The molecule has 242 valence electrons. The third-order valence-electron chi connectivity index (χ3n) is 10.7. The molecule has 2 aliphatic heterocycles. The first-order valence-electron chi connectivity index (χ1n) is 17.7. The average molecular weight is 650 g/mol. The van der Waals surface area contributed by atoms with Gasteiger partial charge in [0.15, 0.2) is 24.1 Å². The minimum absolute atomic E-state index is 0.260. The quantitative estimate of drug-likeness (QED) is 0.141. The Labute approximate surface area is 285 Å². The zero-order valence-corrected chi connectivity index (χ0v) is 30.5. The normalized spacial score (nSPS) is 17.5. The largest absolute Gasteiger partial charge is 0.438 e. The Kier molecular flexibility index (Phi) is 7.33. The van der Waals surface area contributed by atoms with Gasteiger partial charge in [-0.2, -0.15) is 9.13 Å². The van der Waals surface area contributed by atoms with Crippen molar-refractivity contribution in [1.29, 1.82) is 0 Å². The van der Waals surface area contributed by atoms with Crippen molar-refractivity contribution < 1.29 is 13.6 Å². The Morgan fingerprint density at radius 2 is 1.75 bits per heavy atom. The summed E-state index contributed by atoms with van der Waals surface area (Å²) in [4.78, 5) is 4.74. The van der Waals surface area contributed by atoms with E-state index in [9.17, 15) is 0 Å². The van der Waals surface area contributed by atoms with Gasteiger partial charge in [0.25, 0.3) is 0 Å². The van der Waals surface area contributed by atoms with Crippen LogP contribution in [0, 0.1) is 19.8 Å². The number of fused-ring (bicyclic) bond motifs is 12. The zero-order chi connectivity index (χ0) is 33.5. The molecule has 2 unspecified atom stereocenters. The zero-order valence-electron chi connectivity index (χ0n) is 29.5. The number of hydrogen-bond donors (Lipinski definition) is 0. The average Bonchev–Trinajstić information content (AvgIpc) is 3.38. The minimum Gasteiger partial charge on any atom is -0.438 e. The van der Waals surface area contributed by atoms with Crippen LogP contribution in [0.4, 0.5) is 0 Å². The summed E-state index contributed by atoms with van der Waals surface area (Å²) >= 11 is 0. The number of allylic oxidation sites excluding steroid dienone is 1. The molecule has 2 aromatic carbocycles. The van der Waals surface area contributed by atoms with Gasteiger partial charge in [-0.3, -0.25) is 0 Å². The molecule has 4 nitrogen and oxygen atoms in total. The topological polar surface area (TPSA) is 33.8 Å². The maximum atomic E-state index is 6.42. The fourth-order valence-corrected chi connectivity index (χ4v) is 10.1. The van der Waals surface area contributed by atoms with E-state index in [1.165, 1.54) is 44.8 Å². The van der Waals surface area contributed by atoms with Gasteiger partial charge in [-0.15, -0.1) is 0 Å². The second kappa shape index (κ2) is 11.4. The van der Waals surface area contributed by atoms with Gasteiger partial charge in [0, 0.05) is 51.3 Å². The summed E-state index contributed by atoms with van der Waals surface area (Å²) in [5.41, 5.74) is 14.5. The Morgan fingerprint density at radius 3 is 2.54 bits per heavy atom. The maximum absolute atomic E-state index is 6.42. The molecule has 0 N–H and O–H groups in total. The van der Waals surface area contributed by atoms with E-state index in [2.05, 4.69) is 129 Å². The van der Waals surface area contributed by atoms with Gasteiger partial charge in [-0.05, 0) is 98.2 Å². The van der Waals surface area contributed by atoms with Gasteiger partial charge in [0.1, 0.15) is 5.58 Å². The second-order valence-corrected chi connectivity index (χ2v) is 20.8. The molecule has 4 aromatic heterocycles. The smallest absolute Gasteiger partial charge is 0.227 e. The Morgan fingerprint density at radius 1 is 0.938 bits per heavy atom. The van der Waals surface area contributed by atoms with Crippen LogP contribution < -0.4 is 14.3 Å². The second-order valence-electron chi connectivity index (χ2n) is 15.8. The number of benzene rings is 2. The van der Waals surface area contributed by atoms with Crippen LogP contribution in [-0.4, -0.2) is 13.1 Å². The molecular weight excluding hydrogens is 603 g/mol. The van der Waals surface area contributed by atoms with Crippen LogP contribution in [0.2, 0.25) is 19.6 Å². The van der Waals surface area contributed by atoms with Crippen LogP contribution in [-0.2, 0) is 12.8 Å². The first-order chi connectivity index (χ1) is 23.0. The molecule has 0 radical (unpaired) electrons. The van der Waals surface area contributed by atoms with E-state index in [4.69, 9.17) is 16.0 Å². The van der Waals surface area contributed by atoms with Crippen LogP contribution >= 0.6 is 0 Å². The highest BCUT2D eigenvalue weighted by Gasteiger charge is 2.44. The summed E-state index contributed by atoms with van der Waals surface area (Å²) in [7, 11) is -1.63. The highest BCUT2D eigenvalue weighted by atomic mass is 28.3. The molecule has 5 heteroatoms.